The molecule has 0 rings (SSSR count). The van der Waals surface area contributed by atoms with E-state index in [0.29, 0.717) is 0 Å². The van der Waals surface area contributed by atoms with Gasteiger partial charge in [-0.2, -0.15) is 0 Å². The minimum absolute atomic E-state index is 0. The van der Waals surface area contributed by atoms with Gasteiger partial charge in [0, 0.05) is 0 Å². The highest BCUT2D eigenvalue weighted by Crippen LogP contribution is 1.57. The van der Waals surface area contributed by atoms with Gasteiger partial charge in [0.1, 0.15) is 0 Å². The second-order valence-electron chi connectivity index (χ2n) is 0.406. The highest BCUT2D eigenvalue weighted by molar-refractivity contribution is 8.93. The largest absolute Gasteiger partial charge is 0.317 e. The predicted molar refractivity (Wildman–Crippen MR) is 24.3 cm³/mol. The Kier molecular flexibility index (Phi) is 7.17. The minimum Gasteiger partial charge on any atom is -0.317 e. The molecule has 0 saturated heterocycles. The van der Waals surface area contributed by atoms with Crippen LogP contribution >= 0.6 is 17.0 Å². The van der Waals surface area contributed by atoms with Gasteiger partial charge in [-0.15, -0.1) is 27.1 Å². The maximum absolute atomic E-state index is 8.95. The molecule has 38 valence electrons. The Labute approximate surface area is 45.0 Å². The van der Waals surface area contributed by atoms with Gasteiger partial charge >= 0.3 is 0 Å². The van der Waals surface area contributed by atoms with Crippen LogP contribution in [0, 0.1) is 10.1 Å². The molecule has 0 unspecified atom stereocenters. The maximum Gasteiger partial charge on any atom is 0.294 e. The van der Waals surface area contributed by atoms with Crippen LogP contribution in [0.5, 0.6) is 0 Å². The first-order valence-corrected chi connectivity index (χ1v) is 0.956. The number of hydrogen-bond acceptors (Lipinski definition) is 3. The van der Waals surface area contributed by atoms with E-state index in [1.54, 1.807) is 0 Å². The SMILES string of the molecule is Br.CO[N+](=O)[O-]. The van der Waals surface area contributed by atoms with Crippen LogP contribution in [-0.2, 0) is 4.84 Å². The first-order valence-electron chi connectivity index (χ1n) is 0.956. The molecule has 0 aromatic rings. The third kappa shape index (κ3) is 9.36. The van der Waals surface area contributed by atoms with Gasteiger partial charge in [-0.05, 0) is 0 Å². The summed E-state index contributed by atoms with van der Waals surface area (Å²) in [6.45, 7) is 0. The van der Waals surface area contributed by atoms with Crippen LogP contribution in [0.2, 0.25) is 0 Å². The fourth-order valence-electron chi connectivity index (χ4n) is 0. The van der Waals surface area contributed by atoms with E-state index < -0.39 is 5.09 Å². The Morgan fingerprint density at radius 3 is 2.00 bits per heavy atom. The third-order valence-electron chi connectivity index (χ3n) is 0.149. The van der Waals surface area contributed by atoms with Gasteiger partial charge in [-0.25, -0.2) is 0 Å². The summed E-state index contributed by atoms with van der Waals surface area (Å²) in [7, 11) is 1.00. The molecule has 0 spiro atoms. The summed E-state index contributed by atoms with van der Waals surface area (Å²) in [6.07, 6.45) is 0. The zero-order chi connectivity index (χ0) is 4.28. The number of halogens is 1. The zero-order valence-corrected chi connectivity index (χ0v) is 4.79. The van der Waals surface area contributed by atoms with Crippen molar-refractivity contribution in [1.82, 2.24) is 0 Å². The van der Waals surface area contributed by atoms with Crippen molar-refractivity contribution in [3.8, 4) is 0 Å². The van der Waals surface area contributed by atoms with Crippen LogP contribution in [0.25, 0.3) is 0 Å². The van der Waals surface area contributed by atoms with Gasteiger partial charge in [0.25, 0.3) is 5.09 Å². The summed E-state index contributed by atoms with van der Waals surface area (Å²) in [5.74, 6) is 0. The van der Waals surface area contributed by atoms with E-state index in [0.717, 1.165) is 7.11 Å². The van der Waals surface area contributed by atoms with Crippen molar-refractivity contribution in [1.29, 1.82) is 0 Å². The fraction of sp³-hybridized carbons (Fsp3) is 1.00. The normalized spacial score (nSPS) is 5.50. The van der Waals surface area contributed by atoms with Crippen molar-refractivity contribution in [3.05, 3.63) is 10.1 Å². The lowest BCUT2D eigenvalue weighted by molar-refractivity contribution is -0.749. The summed E-state index contributed by atoms with van der Waals surface area (Å²) in [5.41, 5.74) is 0. The molecule has 0 heterocycles. The smallest absolute Gasteiger partial charge is 0.294 e. The molecule has 0 amide bonds. The molecule has 6 heavy (non-hydrogen) atoms. The molecule has 0 aromatic heterocycles. The van der Waals surface area contributed by atoms with Crippen molar-refractivity contribution in [2.24, 2.45) is 0 Å². The highest BCUT2D eigenvalue weighted by atomic mass is 79.9. The van der Waals surface area contributed by atoms with E-state index >= 15 is 0 Å². The molecule has 0 atom stereocenters. The Bertz CT molecular complexity index is 46.1. The van der Waals surface area contributed by atoms with Crippen LogP contribution in [0.3, 0.4) is 0 Å². The molecule has 0 aliphatic rings. The molecule has 0 bridgehead atoms. The lowest BCUT2D eigenvalue weighted by Crippen LogP contribution is -1.91. The molecule has 0 aliphatic carbocycles. The van der Waals surface area contributed by atoms with E-state index in [2.05, 4.69) is 4.84 Å². The average molecular weight is 158 g/mol. The molecule has 0 aromatic carbocycles. The molecular formula is CH4BrNO3. The molecule has 0 N–H and O–H groups in total. The Morgan fingerprint density at radius 1 is 1.83 bits per heavy atom. The molecule has 0 fully saturated rings. The van der Waals surface area contributed by atoms with E-state index in [-0.39, 0.29) is 17.0 Å². The molecule has 0 saturated carbocycles. The fourth-order valence-corrected chi connectivity index (χ4v) is 0. The Hall–Kier alpha value is -0.320. The van der Waals surface area contributed by atoms with Gasteiger partial charge in [0.2, 0.25) is 0 Å². The zero-order valence-electron chi connectivity index (χ0n) is 3.08. The van der Waals surface area contributed by atoms with Crippen LogP contribution in [0.15, 0.2) is 0 Å². The minimum atomic E-state index is -0.875. The summed E-state index contributed by atoms with van der Waals surface area (Å²) < 4.78 is 0. The lowest BCUT2D eigenvalue weighted by atomic mass is 11.7. The summed E-state index contributed by atoms with van der Waals surface area (Å²) in [4.78, 5) is 12.4. The Morgan fingerprint density at radius 2 is 2.00 bits per heavy atom. The van der Waals surface area contributed by atoms with Crippen molar-refractivity contribution in [2.45, 2.75) is 0 Å². The number of hydrogen-bond donors (Lipinski definition) is 0. The predicted octanol–water partition coefficient (Wildman–Crippen LogP) is 0.402. The molecular weight excluding hydrogens is 154 g/mol. The lowest BCUT2D eigenvalue weighted by Gasteiger charge is -1.75. The van der Waals surface area contributed by atoms with Crippen molar-refractivity contribution in [2.75, 3.05) is 7.11 Å². The van der Waals surface area contributed by atoms with Gasteiger partial charge in [0.05, 0.1) is 7.11 Å². The van der Waals surface area contributed by atoms with Crippen LogP contribution in [0.1, 0.15) is 0 Å². The van der Waals surface area contributed by atoms with Gasteiger partial charge < -0.3 is 4.84 Å². The molecule has 0 radical (unpaired) electrons. The van der Waals surface area contributed by atoms with Crippen molar-refractivity contribution in [3.63, 3.8) is 0 Å². The first-order chi connectivity index (χ1) is 2.27. The van der Waals surface area contributed by atoms with Crippen LogP contribution < -0.4 is 0 Å². The van der Waals surface area contributed by atoms with Crippen molar-refractivity contribution < 1.29 is 9.92 Å². The van der Waals surface area contributed by atoms with E-state index in [9.17, 15) is 0 Å². The number of rotatable bonds is 1. The van der Waals surface area contributed by atoms with Gasteiger partial charge in [0.15, 0.2) is 0 Å². The molecule has 5 heteroatoms. The standard InChI is InChI=1S/CH3NO3.BrH/c1-5-2(3)4;/h1H3;1H. The van der Waals surface area contributed by atoms with E-state index in [4.69, 9.17) is 10.1 Å². The number of nitrogens with zero attached hydrogens (tertiary/aromatic N) is 1. The second kappa shape index (κ2) is 4.68. The second-order valence-corrected chi connectivity index (χ2v) is 0.406. The third-order valence-corrected chi connectivity index (χ3v) is 0.149. The Balaban J connectivity index is 0. The summed E-state index contributed by atoms with van der Waals surface area (Å²) in [6, 6.07) is 0. The summed E-state index contributed by atoms with van der Waals surface area (Å²) in [5, 5.41) is 8.08. The first kappa shape index (κ1) is 9.19. The summed E-state index contributed by atoms with van der Waals surface area (Å²) >= 11 is 0. The quantitative estimate of drug-likeness (QED) is 0.410. The van der Waals surface area contributed by atoms with Crippen LogP contribution in [0.4, 0.5) is 0 Å². The average Bonchev–Trinajstić information content (AvgIpc) is 1.38. The van der Waals surface area contributed by atoms with Gasteiger partial charge in [-0.3, -0.25) is 0 Å². The van der Waals surface area contributed by atoms with E-state index in [1.165, 1.54) is 0 Å². The van der Waals surface area contributed by atoms with E-state index in [1.807, 2.05) is 0 Å². The molecule has 4 nitrogen and oxygen atoms in total. The monoisotopic (exact) mass is 157 g/mol. The highest BCUT2D eigenvalue weighted by Gasteiger charge is 1.77. The van der Waals surface area contributed by atoms with Gasteiger partial charge in [-0.1, -0.05) is 0 Å². The maximum atomic E-state index is 8.95. The van der Waals surface area contributed by atoms with Crippen LogP contribution in [-0.4, -0.2) is 12.2 Å². The topological polar surface area (TPSA) is 52.4 Å². The van der Waals surface area contributed by atoms with Crippen molar-refractivity contribution >= 4 is 17.0 Å². The molecule has 0 aliphatic heterocycles.